The number of aromatic nitrogens is 3. The highest BCUT2D eigenvalue weighted by atomic mass is 32.1. The minimum absolute atomic E-state index is 0.0794. The zero-order valence-corrected chi connectivity index (χ0v) is 14.5. The number of benzene rings is 1. The first-order valence-electron chi connectivity index (χ1n) is 8.35. The number of carbonyl (C=O) groups is 1. The molecule has 6 heteroatoms. The third-order valence-electron chi connectivity index (χ3n) is 4.49. The second-order valence-corrected chi connectivity index (χ2v) is 7.01. The average molecular weight is 350 g/mol. The molecule has 126 valence electrons. The van der Waals surface area contributed by atoms with Crippen LogP contribution >= 0.6 is 11.3 Å². The Hall–Kier alpha value is -2.60. The fourth-order valence-corrected chi connectivity index (χ4v) is 4.04. The SMILES string of the molecule is O=C(C[C@@H]1CCc2ccccc21)NCc1csc(-c2cnccn2)n1. The van der Waals surface area contributed by atoms with Crippen LogP contribution in [0.4, 0.5) is 0 Å². The molecule has 1 N–H and O–H groups in total. The number of nitrogens with one attached hydrogen (secondary N) is 1. The molecule has 0 bridgehead atoms. The number of fused-ring (bicyclic) bond motifs is 1. The summed E-state index contributed by atoms with van der Waals surface area (Å²) in [5, 5.41) is 5.77. The molecule has 25 heavy (non-hydrogen) atoms. The van der Waals surface area contributed by atoms with Gasteiger partial charge in [0.2, 0.25) is 5.91 Å². The molecule has 1 aliphatic carbocycles. The molecule has 0 saturated heterocycles. The Morgan fingerprint density at radius 1 is 1.28 bits per heavy atom. The van der Waals surface area contributed by atoms with Crippen molar-refractivity contribution in [3.8, 4) is 10.7 Å². The maximum atomic E-state index is 12.3. The van der Waals surface area contributed by atoms with Gasteiger partial charge in [0, 0.05) is 24.2 Å². The molecule has 0 saturated carbocycles. The lowest BCUT2D eigenvalue weighted by Gasteiger charge is -2.11. The lowest BCUT2D eigenvalue weighted by atomic mass is 9.97. The van der Waals surface area contributed by atoms with Crippen molar-refractivity contribution >= 4 is 17.2 Å². The van der Waals surface area contributed by atoms with E-state index in [4.69, 9.17) is 0 Å². The van der Waals surface area contributed by atoms with Crippen molar-refractivity contribution in [2.75, 3.05) is 0 Å². The van der Waals surface area contributed by atoms with Crippen molar-refractivity contribution < 1.29 is 4.79 Å². The molecule has 0 fully saturated rings. The molecule has 3 aromatic rings. The number of hydrogen-bond acceptors (Lipinski definition) is 5. The van der Waals surface area contributed by atoms with Gasteiger partial charge in [0.1, 0.15) is 10.7 Å². The van der Waals surface area contributed by atoms with Crippen LogP contribution in [0, 0.1) is 0 Å². The average Bonchev–Trinajstić information content (AvgIpc) is 3.28. The Morgan fingerprint density at radius 2 is 2.20 bits per heavy atom. The van der Waals surface area contributed by atoms with E-state index in [1.165, 1.54) is 22.5 Å². The van der Waals surface area contributed by atoms with Gasteiger partial charge in [-0.2, -0.15) is 0 Å². The highest BCUT2D eigenvalue weighted by Gasteiger charge is 2.24. The van der Waals surface area contributed by atoms with Crippen LogP contribution in [0.15, 0.2) is 48.2 Å². The highest BCUT2D eigenvalue weighted by Crippen LogP contribution is 2.35. The summed E-state index contributed by atoms with van der Waals surface area (Å²) in [5.41, 5.74) is 4.32. The van der Waals surface area contributed by atoms with Crippen molar-refractivity contribution in [3.63, 3.8) is 0 Å². The predicted molar refractivity (Wildman–Crippen MR) is 97.1 cm³/mol. The third-order valence-corrected chi connectivity index (χ3v) is 5.40. The van der Waals surface area contributed by atoms with Gasteiger partial charge in [-0.25, -0.2) is 4.98 Å². The largest absolute Gasteiger partial charge is 0.350 e. The van der Waals surface area contributed by atoms with Crippen molar-refractivity contribution in [1.82, 2.24) is 20.3 Å². The fourth-order valence-electron chi connectivity index (χ4n) is 3.26. The molecular weight excluding hydrogens is 332 g/mol. The Labute approximate surface area is 150 Å². The molecule has 1 atom stereocenters. The van der Waals surface area contributed by atoms with Crippen LogP contribution in [0.1, 0.15) is 35.6 Å². The molecule has 4 rings (SSSR count). The summed E-state index contributed by atoms with van der Waals surface area (Å²) < 4.78 is 0. The topological polar surface area (TPSA) is 67.8 Å². The number of nitrogens with zero attached hydrogens (tertiary/aromatic N) is 3. The summed E-state index contributed by atoms with van der Waals surface area (Å²) in [6.45, 7) is 0.448. The first kappa shape index (κ1) is 15.9. The lowest BCUT2D eigenvalue weighted by Crippen LogP contribution is -2.24. The Kier molecular flexibility index (Phi) is 4.52. The van der Waals surface area contributed by atoms with E-state index in [1.54, 1.807) is 18.6 Å². The molecule has 2 aromatic heterocycles. The first-order chi connectivity index (χ1) is 12.3. The van der Waals surface area contributed by atoms with Crippen molar-refractivity contribution in [1.29, 1.82) is 0 Å². The Bertz CT molecular complexity index is 878. The summed E-state index contributed by atoms with van der Waals surface area (Å²) in [6, 6.07) is 8.43. The molecule has 1 amide bonds. The van der Waals surface area contributed by atoms with Crippen molar-refractivity contribution in [2.24, 2.45) is 0 Å². The zero-order valence-electron chi connectivity index (χ0n) is 13.7. The van der Waals surface area contributed by atoms with Gasteiger partial charge in [-0.15, -0.1) is 11.3 Å². The van der Waals surface area contributed by atoms with Crippen LogP contribution in [0.3, 0.4) is 0 Å². The molecule has 1 aromatic carbocycles. The van der Waals surface area contributed by atoms with Gasteiger partial charge in [-0.05, 0) is 29.9 Å². The standard InChI is InChI=1S/C19H18N4OS/c24-18(9-14-6-5-13-3-1-2-4-16(13)14)22-10-15-12-25-19(23-15)17-11-20-7-8-21-17/h1-4,7-8,11-12,14H,5-6,9-10H2,(H,22,24)/t14-/m0/s1. The van der Waals surface area contributed by atoms with Crippen molar-refractivity contribution in [2.45, 2.75) is 31.7 Å². The number of hydrogen-bond donors (Lipinski definition) is 1. The van der Waals surface area contributed by atoms with E-state index in [9.17, 15) is 4.79 Å². The summed E-state index contributed by atoms with van der Waals surface area (Å²) in [6.07, 6.45) is 7.65. The van der Waals surface area contributed by atoms with Crippen LogP contribution in [0.5, 0.6) is 0 Å². The molecule has 5 nitrogen and oxygen atoms in total. The number of carbonyl (C=O) groups excluding carboxylic acids is 1. The number of aryl methyl sites for hydroxylation is 1. The van der Waals surface area contributed by atoms with Gasteiger partial charge in [-0.3, -0.25) is 14.8 Å². The monoisotopic (exact) mass is 350 g/mol. The van der Waals surface area contributed by atoms with Crippen LogP contribution in [-0.4, -0.2) is 20.9 Å². The van der Waals surface area contributed by atoms with E-state index in [0.29, 0.717) is 18.9 Å². The number of rotatable bonds is 5. The summed E-state index contributed by atoms with van der Waals surface area (Å²) >= 11 is 1.51. The zero-order chi connectivity index (χ0) is 17.1. The van der Waals surface area contributed by atoms with Crippen LogP contribution < -0.4 is 5.32 Å². The smallest absolute Gasteiger partial charge is 0.220 e. The highest BCUT2D eigenvalue weighted by molar-refractivity contribution is 7.13. The van der Waals surface area contributed by atoms with Gasteiger partial charge >= 0.3 is 0 Å². The van der Waals surface area contributed by atoms with E-state index in [-0.39, 0.29) is 5.91 Å². The van der Waals surface area contributed by atoms with Gasteiger partial charge in [0.15, 0.2) is 0 Å². The Balaban J connectivity index is 1.33. The molecule has 1 aliphatic rings. The minimum Gasteiger partial charge on any atom is -0.350 e. The van der Waals surface area contributed by atoms with E-state index < -0.39 is 0 Å². The molecular formula is C19H18N4OS. The summed E-state index contributed by atoms with van der Waals surface area (Å²) in [7, 11) is 0. The van der Waals surface area contributed by atoms with Crippen LogP contribution in [0.2, 0.25) is 0 Å². The van der Waals surface area contributed by atoms with Crippen molar-refractivity contribution in [3.05, 3.63) is 65.1 Å². The second kappa shape index (κ2) is 7.11. The van der Waals surface area contributed by atoms with E-state index in [0.717, 1.165) is 29.2 Å². The molecule has 0 spiro atoms. The first-order valence-corrected chi connectivity index (χ1v) is 9.23. The lowest BCUT2D eigenvalue weighted by molar-refractivity contribution is -0.121. The van der Waals surface area contributed by atoms with Gasteiger partial charge in [0.05, 0.1) is 18.4 Å². The van der Waals surface area contributed by atoms with E-state index in [2.05, 4.69) is 44.5 Å². The second-order valence-electron chi connectivity index (χ2n) is 6.15. The molecule has 2 heterocycles. The molecule has 0 unspecified atom stereocenters. The third kappa shape index (κ3) is 3.58. The van der Waals surface area contributed by atoms with Crippen LogP contribution in [-0.2, 0) is 17.8 Å². The van der Waals surface area contributed by atoms with Crippen LogP contribution in [0.25, 0.3) is 10.7 Å². The summed E-state index contributed by atoms with van der Waals surface area (Å²) in [4.78, 5) is 25.1. The summed E-state index contributed by atoms with van der Waals surface area (Å²) in [5.74, 6) is 0.414. The van der Waals surface area contributed by atoms with Gasteiger partial charge in [-0.1, -0.05) is 24.3 Å². The number of amides is 1. The fraction of sp³-hybridized carbons (Fsp3) is 0.263. The molecule has 0 aliphatic heterocycles. The van der Waals surface area contributed by atoms with Gasteiger partial charge in [0.25, 0.3) is 0 Å². The minimum atomic E-state index is 0.0794. The van der Waals surface area contributed by atoms with E-state index >= 15 is 0 Å². The Morgan fingerprint density at radius 3 is 3.08 bits per heavy atom. The van der Waals surface area contributed by atoms with E-state index in [1.807, 2.05) is 5.38 Å². The van der Waals surface area contributed by atoms with Gasteiger partial charge < -0.3 is 5.32 Å². The predicted octanol–water partition coefficient (Wildman–Crippen LogP) is 3.34. The maximum Gasteiger partial charge on any atom is 0.220 e. The quantitative estimate of drug-likeness (QED) is 0.766. The maximum absolute atomic E-state index is 12.3. The number of thiazole rings is 1. The molecule has 0 radical (unpaired) electrons. The normalized spacial score (nSPS) is 15.8.